The number of ether oxygens (including phenoxy) is 1. The third kappa shape index (κ3) is 3.01. The van der Waals surface area contributed by atoms with Gasteiger partial charge in [-0.2, -0.15) is 0 Å². The molecule has 1 aliphatic heterocycles. The molecule has 1 aromatic rings. The summed E-state index contributed by atoms with van der Waals surface area (Å²) in [5.41, 5.74) is 0. The molecule has 4 nitrogen and oxygen atoms in total. The third-order valence-electron chi connectivity index (χ3n) is 3.04. The number of nitrogens with zero attached hydrogens (tertiary/aromatic N) is 1. The van der Waals surface area contributed by atoms with Gasteiger partial charge in [0.1, 0.15) is 11.5 Å². The fraction of sp³-hybridized carbons (Fsp3) is 0.500. The van der Waals surface area contributed by atoms with Crippen molar-refractivity contribution in [3.63, 3.8) is 0 Å². The van der Waals surface area contributed by atoms with Gasteiger partial charge in [-0.1, -0.05) is 0 Å². The number of carbonyl (C=O) groups excluding carboxylic acids is 1. The maximum Gasteiger partial charge on any atom is 0.247 e. The van der Waals surface area contributed by atoms with Gasteiger partial charge in [0, 0.05) is 12.6 Å². The van der Waals surface area contributed by atoms with Gasteiger partial charge in [-0.15, -0.1) is 0 Å². The fourth-order valence-electron chi connectivity index (χ4n) is 2.00. The van der Waals surface area contributed by atoms with Crippen LogP contribution in [-0.2, 0) is 9.53 Å². The molecule has 1 aliphatic rings. The Bertz CT molecular complexity index is 450. The Morgan fingerprint density at radius 2 is 2.22 bits per heavy atom. The minimum Gasteiger partial charge on any atom is -0.462 e. The first-order chi connectivity index (χ1) is 8.56. The molecule has 1 aromatic heterocycles. The SMILES string of the molecule is Cc1ccc(/C=C/C(=O)N2CC(C)OCC2C)o1. The van der Waals surface area contributed by atoms with E-state index in [9.17, 15) is 4.79 Å². The van der Waals surface area contributed by atoms with E-state index in [0.717, 1.165) is 5.76 Å². The van der Waals surface area contributed by atoms with Crippen LogP contribution in [0.4, 0.5) is 0 Å². The molecule has 0 N–H and O–H groups in total. The molecule has 0 aromatic carbocycles. The Labute approximate surface area is 107 Å². The molecule has 2 unspecified atom stereocenters. The molecule has 2 atom stereocenters. The summed E-state index contributed by atoms with van der Waals surface area (Å²) in [4.78, 5) is 13.9. The van der Waals surface area contributed by atoms with Gasteiger partial charge in [-0.25, -0.2) is 0 Å². The standard InChI is InChI=1S/C14H19NO3/c1-10-9-17-12(3)8-15(10)14(16)7-6-13-5-4-11(2)18-13/h4-7,10,12H,8-9H2,1-3H3/b7-6+. The average molecular weight is 249 g/mol. The summed E-state index contributed by atoms with van der Waals surface area (Å²) < 4.78 is 10.9. The van der Waals surface area contributed by atoms with Crippen molar-refractivity contribution in [2.24, 2.45) is 0 Å². The maximum absolute atomic E-state index is 12.1. The van der Waals surface area contributed by atoms with Crippen LogP contribution in [0.15, 0.2) is 22.6 Å². The Hall–Kier alpha value is -1.55. The minimum atomic E-state index is 0.00621. The number of aryl methyl sites for hydroxylation is 1. The van der Waals surface area contributed by atoms with Crippen LogP contribution in [0.25, 0.3) is 6.08 Å². The summed E-state index contributed by atoms with van der Waals surface area (Å²) in [6, 6.07) is 3.85. The second-order valence-electron chi connectivity index (χ2n) is 4.77. The van der Waals surface area contributed by atoms with Crippen molar-refractivity contribution in [3.8, 4) is 0 Å². The number of hydrogen-bond donors (Lipinski definition) is 0. The summed E-state index contributed by atoms with van der Waals surface area (Å²) in [5.74, 6) is 1.55. The van der Waals surface area contributed by atoms with Crippen LogP contribution in [0, 0.1) is 6.92 Å². The van der Waals surface area contributed by atoms with E-state index in [4.69, 9.17) is 9.15 Å². The molecule has 2 rings (SSSR count). The van der Waals surface area contributed by atoms with Crippen molar-refractivity contribution in [1.29, 1.82) is 0 Å². The largest absolute Gasteiger partial charge is 0.462 e. The second kappa shape index (κ2) is 5.40. The molecule has 98 valence electrons. The van der Waals surface area contributed by atoms with E-state index in [0.29, 0.717) is 18.9 Å². The van der Waals surface area contributed by atoms with Crippen LogP contribution in [0.3, 0.4) is 0 Å². The molecule has 2 heterocycles. The summed E-state index contributed by atoms with van der Waals surface area (Å²) in [6.45, 7) is 7.09. The van der Waals surface area contributed by atoms with Gasteiger partial charge < -0.3 is 14.1 Å². The van der Waals surface area contributed by atoms with E-state index in [1.165, 1.54) is 0 Å². The van der Waals surface area contributed by atoms with Crippen molar-refractivity contribution < 1.29 is 13.9 Å². The van der Waals surface area contributed by atoms with Gasteiger partial charge in [0.2, 0.25) is 5.91 Å². The summed E-state index contributed by atoms with van der Waals surface area (Å²) in [5, 5.41) is 0. The number of morpholine rings is 1. The van der Waals surface area contributed by atoms with Crippen LogP contribution >= 0.6 is 0 Å². The lowest BCUT2D eigenvalue weighted by atomic mass is 10.2. The van der Waals surface area contributed by atoms with E-state index in [1.54, 1.807) is 12.2 Å². The van der Waals surface area contributed by atoms with Gasteiger partial charge in [-0.3, -0.25) is 4.79 Å². The van der Waals surface area contributed by atoms with E-state index in [1.807, 2.05) is 37.8 Å². The zero-order chi connectivity index (χ0) is 13.1. The van der Waals surface area contributed by atoms with Crippen LogP contribution in [0.1, 0.15) is 25.4 Å². The lowest BCUT2D eigenvalue weighted by Crippen LogP contribution is -2.49. The molecule has 1 saturated heterocycles. The minimum absolute atomic E-state index is 0.00621. The van der Waals surface area contributed by atoms with Crippen molar-refractivity contribution in [1.82, 2.24) is 4.90 Å². The smallest absolute Gasteiger partial charge is 0.247 e. The zero-order valence-electron chi connectivity index (χ0n) is 11.1. The molecule has 0 radical (unpaired) electrons. The van der Waals surface area contributed by atoms with E-state index >= 15 is 0 Å². The van der Waals surface area contributed by atoms with Crippen molar-refractivity contribution in [2.45, 2.75) is 32.9 Å². The van der Waals surface area contributed by atoms with Crippen LogP contribution < -0.4 is 0 Å². The highest BCUT2D eigenvalue weighted by Crippen LogP contribution is 2.13. The highest BCUT2D eigenvalue weighted by atomic mass is 16.5. The Morgan fingerprint density at radius 3 is 2.89 bits per heavy atom. The molecular formula is C14H19NO3. The van der Waals surface area contributed by atoms with Gasteiger partial charge in [0.15, 0.2) is 0 Å². The lowest BCUT2D eigenvalue weighted by molar-refractivity contribution is -0.137. The zero-order valence-corrected chi connectivity index (χ0v) is 11.1. The normalized spacial score (nSPS) is 24.7. The fourth-order valence-corrected chi connectivity index (χ4v) is 2.00. The molecule has 0 saturated carbocycles. The molecule has 0 bridgehead atoms. The predicted molar refractivity (Wildman–Crippen MR) is 69.1 cm³/mol. The first-order valence-electron chi connectivity index (χ1n) is 6.23. The molecule has 4 heteroatoms. The summed E-state index contributed by atoms with van der Waals surface area (Å²) in [7, 11) is 0. The van der Waals surface area contributed by atoms with Crippen molar-refractivity contribution in [2.75, 3.05) is 13.2 Å². The number of carbonyl (C=O) groups is 1. The monoisotopic (exact) mass is 249 g/mol. The first kappa shape index (κ1) is 12.9. The van der Waals surface area contributed by atoms with Gasteiger partial charge in [0.25, 0.3) is 0 Å². The first-order valence-corrected chi connectivity index (χ1v) is 6.23. The number of hydrogen-bond acceptors (Lipinski definition) is 3. The van der Waals surface area contributed by atoms with Gasteiger partial charge >= 0.3 is 0 Å². The molecule has 18 heavy (non-hydrogen) atoms. The van der Waals surface area contributed by atoms with E-state index < -0.39 is 0 Å². The van der Waals surface area contributed by atoms with Gasteiger partial charge in [0.05, 0.1) is 18.8 Å². The van der Waals surface area contributed by atoms with Crippen LogP contribution in [0.2, 0.25) is 0 Å². The molecule has 1 fully saturated rings. The summed E-state index contributed by atoms with van der Waals surface area (Å²) in [6.07, 6.45) is 3.37. The van der Waals surface area contributed by atoms with Crippen LogP contribution in [-0.4, -0.2) is 36.1 Å². The quantitative estimate of drug-likeness (QED) is 0.755. The highest BCUT2D eigenvalue weighted by Gasteiger charge is 2.25. The molecule has 0 spiro atoms. The van der Waals surface area contributed by atoms with E-state index in [2.05, 4.69) is 0 Å². The second-order valence-corrected chi connectivity index (χ2v) is 4.77. The number of furan rings is 1. The maximum atomic E-state index is 12.1. The Morgan fingerprint density at radius 1 is 1.44 bits per heavy atom. The Kier molecular flexibility index (Phi) is 3.87. The molecular weight excluding hydrogens is 230 g/mol. The number of amides is 1. The topological polar surface area (TPSA) is 42.7 Å². The predicted octanol–water partition coefficient (Wildman–Crippen LogP) is 2.24. The number of rotatable bonds is 2. The van der Waals surface area contributed by atoms with Crippen molar-refractivity contribution >= 4 is 12.0 Å². The lowest BCUT2D eigenvalue weighted by Gasteiger charge is -2.36. The summed E-state index contributed by atoms with van der Waals surface area (Å²) >= 11 is 0. The average Bonchev–Trinajstić information content (AvgIpc) is 2.75. The van der Waals surface area contributed by atoms with E-state index in [-0.39, 0.29) is 18.1 Å². The highest BCUT2D eigenvalue weighted by molar-refractivity contribution is 5.91. The van der Waals surface area contributed by atoms with Crippen LogP contribution in [0.5, 0.6) is 0 Å². The van der Waals surface area contributed by atoms with Gasteiger partial charge in [-0.05, 0) is 39.0 Å². The molecule has 1 amide bonds. The Balaban J connectivity index is 2.00. The van der Waals surface area contributed by atoms with Crippen molar-refractivity contribution in [3.05, 3.63) is 29.7 Å². The molecule has 0 aliphatic carbocycles. The third-order valence-corrected chi connectivity index (χ3v) is 3.04.